The SMILES string of the molecule is CN1CCO[C@H](C(=O)NC[C@@H]2C[C@H](F)CN2Cc2nccs2)C1. The van der Waals surface area contributed by atoms with Crippen LogP contribution in [0.4, 0.5) is 4.39 Å². The van der Waals surface area contributed by atoms with E-state index < -0.39 is 12.3 Å². The van der Waals surface area contributed by atoms with Gasteiger partial charge in [0.05, 0.1) is 13.2 Å². The second kappa shape index (κ2) is 7.65. The van der Waals surface area contributed by atoms with Gasteiger partial charge in [-0.15, -0.1) is 11.3 Å². The molecule has 2 aliphatic rings. The Balaban J connectivity index is 1.50. The number of likely N-dealkylation sites (N-methyl/N-ethyl adjacent to an activating group) is 1. The number of likely N-dealkylation sites (tertiary alicyclic amines) is 1. The minimum absolute atomic E-state index is 0.0131. The summed E-state index contributed by atoms with van der Waals surface area (Å²) in [5, 5.41) is 5.83. The summed E-state index contributed by atoms with van der Waals surface area (Å²) in [6, 6.07) is 0.0131. The number of nitrogens with one attached hydrogen (secondary N) is 1. The number of halogens is 1. The molecule has 0 aromatic carbocycles. The van der Waals surface area contributed by atoms with Crippen molar-refractivity contribution in [3.05, 3.63) is 16.6 Å². The quantitative estimate of drug-likeness (QED) is 0.845. The standard InChI is InChI=1S/C15H23FN4O2S/c1-19-3-4-22-13(9-19)15(21)18-7-12-6-11(16)8-20(12)10-14-17-2-5-23-14/h2,5,11-13H,3-4,6-10H2,1H3,(H,18,21)/t11-,12-,13-/m0/s1. The maximum Gasteiger partial charge on any atom is 0.250 e. The number of morpholine rings is 1. The van der Waals surface area contributed by atoms with Gasteiger partial charge in [-0.1, -0.05) is 0 Å². The molecule has 2 aliphatic heterocycles. The third kappa shape index (κ3) is 4.47. The monoisotopic (exact) mass is 342 g/mol. The zero-order valence-corrected chi connectivity index (χ0v) is 14.1. The molecule has 3 atom stereocenters. The van der Waals surface area contributed by atoms with Crippen molar-refractivity contribution in [3.63, 3.8) is 0 Å². The molecule has 1 aromatic rings. The van der Waals surface area contributed by atoms with Crippen molar-refractivity contribution in [2.75, 3.05) is 39.8 Å². The number of ether oxygens (including phenoxy) is 1. The molecule has 0 aliphatic carbocycles. The van der Waals surface area contributed by atoms with Crippen LogP contribution in [0.5, 0.6) is 0 Å². The number of thiazole rings is 1. The fourth-order valence-electron chi connectivity index (χ4n) is 3.10. The summed E-state index contributed by atoms with van der Waals surface area (Å²) in [5.41, 5.74) is 0. The van der Waals surface area contributed by atoms with Crippen molar-refractivity contribution in [2.24, 2.45) is 0 Å². The predicted molar refractivity (Wildman–Crippen MR) is 86.1 cm³/mol. The predicted octanol–water partition coefficient (Wildman–Crippen LogP) is 0.502. The van der Waals surface area contributed by atoms with Gasteiger partial charge in [0, 0.05) is 43.8 Å². The summed E-state index contributed by atoms with van der Waals surface area (Å²) in [5.74, 6) is -0.104. The highest BCUT2D eigenvalue weighted by molar-refractivity contribution is 7.09. The van der Waals surface area contributed by atoms with E-state index in [1.54, 1.807) is 17.5 Å². The molecule has 128 valence electrons. The Morgan fingerprint density at radius 1 is 1.57 bits per heavy atom. The fraction of sp³-hybridized carbons (Fsp3) is 0.733. The van der Waals surface area contributed by atoms with Crippen LogP contribution < -0.4 is 5.32 Å². The average Bonchev–Trinajstić information content (AvgIpc) is 3.15. The Kier molecular flexibility index (Phi) is 5.58. The molecular formula is C15H23FN4O2S. The molecule has 23 heavy (non-hydrogen) atoms. The van der Waals surface area contributed by atoms with Crippen LogP contribution in [0, 0.1) is 0 Å². The lowest BCUT2D eigenvalue weighted by atomic mass is 10.2. The van der Waals surface area contributed by atoms with Gasteiger partial charge < -0.3 is 15.0 Å². The van der Waals surface area contributed by atoms with Gasteiger partial charge in [-0.2, -0.15) is 0 Å². The molecule has 8 heteroatoms. The van der Waals surface area contributed by atoms with Gasteiger partial charge in [-0.05, 0) is 13.5 Å². The number of hydrogen-bond acceptors (Lipinski definition) is 6. The van der Waals surface area contributed by atoms with Crippen molar-refractivity contribution in [1.29, 1.82) is 0 Å². The first-order valence-corrected chi connectivity index (χ1v) is 8.84. The highest BCUT2D eigenvalue weighted by Gasteiger charge is 2.33. The number of carbonyl (C=O) groups excluding carboxylic acids is 1. The van der Waals surface area contributed by atoms with Crippen LogP contribution >= 0.6 is 11.3 Å². The topological polar surface area (TPSA) is 57.7 Å². The number of rotatable bonds is 5. The minimum Gasteiger partial charge on any atom is -0.366 e. The Morgan fingerprint density at radius 3 is 3.17 bits per heavy atom. The van der Waals surface area contributed by atoms with Gasteiger partial charge in [0.25, 0.3) is 5.91 Å². The van der Waals surface area contributed by atoms with E-state index >= 15 is 0 Å². The number of alkyl halides is 1. The lowest BCUT2D eigenvalue weighted by Gasteiger charge is -2.30. The highest BCUT2D eigenvalue weighted by atomic mass is 32.1. The summed E-state index contributed by atoms with van der Waals surface area (Å²) in [4.78, 5) is 20.6. The Labute approximate surface area is 139 Å². The third-order valence-electron chi connectivity index (χ3n) is 4.37. The number of nitrogens with zero attached hydrogens (tertiary/aromatic N) is 3. The van der Waals surface area contributed by atoms with Crippen molar-refractivity contribution in [2.45, 2.75) is 31.3 Å². The van der Waals surface area contributed by atoms with Crippen LogP contribution in [0.3, 0.4) is 0 Å². The van der Waals surface area contributed by atoms with Gasteiger partial charge in [0.15, 0.2) is 0 Å². The van der Waals surface area contributed by atoms with E-state index in [4.69, 9.17) is 4.74 Å². The number of aromatic nitrogens is 1. The van der Waals surface area contributed by atoms with Gasteiger partial charge >= 0.3 is 0 Å². The normalized spacial score (nSPS) is 29.7. The van der Waals surface area contributed by atoms with E-state index in [0.29, 0.717) is 39.2 Å². The van der Waals surface area contributed by atoms with Crippen LogP contribution in [-0.4, -0.2) is 78.8 Å². The Bertz CT molecular complexity index is 516. The minimum atomic E-state index is -0.839. The highest BCUT2D eigenvalue weighted by Crippen LogP contribution is 2.23. The molecular weight excluding hydrogens is 319 g/mol. The van der Waals surface area contributed by atoms with Crippen molar-refractivity contribution < 1.29 is 13.9 Å². The molecule has 0 saturated carbocycles. The Morgan fingerprint density at radius 2 is 2.43 bits per heavy atom. The number of amides is 1. The van der Waals surface area contributed by atoms with Gasteiger partial charge in [-0.25, -0.2) is 9.37 Å². The van der Waals surface area contributed by atoms with E-state index in [2.05, 4.69) is 20.1 Å². The lowest BCUT2D eigenvalue weighted by molar-refractivity contribution is -0.138. The summed E-state index contributed by atoms with van der Waals surface area (Å²) < 4.78 is 19.3. The number of hydrogen-bond donors (Lipinski definition) is 1. The van der Waals surface area contributed by atoms with Crippen LogP contribution in [0.1, 0.15) is 11.4 Å². The third-order valence-corrected chi connectivity index (χ3v) is 5.14. The smallest absolute Gasteiger partial charge is 0.250 e. The Hall–Kier alpha value is -1.09. The molecule has 0 spiro atoms. The van der Waals surface area contributed by atoms with Crippen LogP contribution in [0.2, 0.25) is 0 Å². The lowest BCUT2D eigenvalue weighted by Crippen LogP contribution is -2.50. The first-order valence-electron chi connectivity index (χ1n) is 7.96. The second-order valence-electron chi connectivity index (χ2n) is 6.21. The van der Waals surface area contributed by atoms with Crippen LogP contribution in [0.15, 0.2) is 11.6 Å². The fourth-order valence-corrected chi connectivity index (χ4v) is 3.74. The second-order valence-corrected chi connectivity index (χ2v) is 7.19. The van der Waals surface area contributed by atoms with E-state index in [9.17, 15) is 9.18 Å². The first-order chi connectivity index (χ1) is 11.1. The summed E-state index contributed by atoms with van der Waals surface area (Å²) in [6.07, 6.45) is 0.950. The zero-order valence-electron chi connectivity index (χ0n) is 13.3. The summed E-state index contributed by atoms with van der Waals surface area (Å²) >= 11 is 1.57. The first kappa shape index (κ1) is 16.8. The molecule has 3 rings (SSSR count). The molecule has 3 heterocycles. The van der Waals surface area contributed by atoms with E-state index in [-0.39, 0.29) is 11.9 Å². The molecule has 1 aromatic heterocycles. The average molecular weight is 342 g/mol. The molecule has 1 amide bonds. The molecule has 0 bridgehead atoms. The van der Waals surface area contributed by atoms with Gasteiger partial charge in [0.1, 0.15) is 17.3 Å². The molecule has 2 fully saturated rings. The molecule has 2 saturated heterocycles. The van der Waals surface area contributed by atoms with E-state index in [1.165, 1.54) is 0 Å². The number of carbonyl (C=O) groups is 1. The van der Waals surface area contributed by atoms with Crippen LogP contribution in [0.25, 0.3) is 0 Å². The molecule has 6 nitrogen and oxygen atoms in total. The van der Waals surface area contributed by atoms with Crippen molar-refractivity contribution in [3.8, 4) is 0 Å². The van der Waals surface area contributed by atoms with E-state index in [1.807, 2.05) is 12.4 Å². The largest absolute Gasteiger partial charge is 0.366 e. The van der Waals surface area contributed by atoms with Gasteiger partial charge in [0.2, 0.25) is 0 Å². The van der Waals surface area contributed by atoms with Crippen molar-refractivity contribution >= 4 is 17.2 Å². The van der Waals surface area contributed by atoms with Gasteiger partial charge in [-0.3, -0.25) is 9.69 Å². The molecule has 0 radical (unpaired) electrons. The maximum absolute atomic E-state index is 13.8. The van der Waals surface area contributed by atoms with Crippen molar-refractivity contribution in [1.82, 2.24) is 20.1 Å². The molecule has 0 unspecified atom stereocenters. The summed E-state index contributed by atoms with van der Waals surface area (Å²) in [7, 11) is 1.98. The summed E-state index contributed by atoms with van der Waals surface area (Å²) in [6.45, 7) is 3.52. The zero-order chi connectivity index (χ0) is 16.2. The maximum atomic E-state index is 13.8. The van der Waals surface area contributed by atoms with E-state index in [0.717, 1.165) is 11.6 Å². The molecule has 1 N–H and O–H groups in total. The van der Waals surface area contributed by atoms with Crippen LogP contribution in [-0.2, 0) is 16.1 Å².